The van der Waals surface area contributed by atoms with Crippen LogP contribution in [-0.4, -0.2) is 6.61 Å². The van der Waals surface area contributed by atoms with Crippen LogP contribution in [0.4, 0.5) is 0 Å². The molecule has 0 radical (unpaired) electrons. The van der Waals surface area contributed by atoms with E-state index < -0.39 is 0 Å². The molecule has 0 spiro atoms. The molecule has 102 valence electrons. The van der Waals surface area contributed by atoms with Gasteiger partial charge in [0.05, 0.1) is 6.61 Å². The summed E-state index contributed by atoms with van der Waals surface area (Å²) in [6.45, 7) is 0.788. The zero-order chi connectivity index (χ0) is 13.9. The summed E-state index contributed by atoms with van der Waals surface area (Å²) in [5.41, 5.74) is 1.10. The Bertz CT molecular complexity index is 534. The van der Waals surface area contributed by atoms with Crippen molar-refractivity contribution in [2.24, 2.45) is 0 Å². The molecule has 0 unspecified atom stereocenters. The van der Waals surface area contributed by atoms with Crippen molar-refractivity contribution in [3.8, 4) is 17.6 Å². The van der Waals surface area contributed by atoms with Crippen molar-refractivity contribution in [1.82, 2.24) is 0 Å². The van der Waals surface area contributed by atoms with Gasteiger partial charge in [-0.3, -0.25) is 0 Å². The lowest BCUT2D eigenvalue weighted by molar-refractivity contribution is 0.305. The van der Waals surface area contributed by atoms with E-state index in [1.54, 1.807) is 0 Å². The summed E-state index contributed by atoms with van der Waals surface area (Å²) in [5.74, 6) is 7.35. The molecule has 0 fully saturated rings. The largest absolute Gasteiger partial charge is 0.494 e. The van der Waals surface area contributed by atoms with Gasteiger partial charge in [-0.1, -0.05) is 48.2 Å². The monoisotopic (exact) mass is 264 g/mol. The fourth-order valence-corrected chi connectivity index (χ4v) is 1.89. The Kier molecular flexibility index (Phi) is 6.27. The second-order valence-electron chi connectivity index (χ2n) is 4.64. The summed E-state index contributed by atoms with van der Waals surface area (Å²) in [5, 5.41) is 0. The number of para-hydroxylation sites is 1. The van der Waals surface area contributed by atoms with Crippen LogP contribution in [0.2, 0.25) is 0 Å². The molecule has 0 heterocycles. The van der Waals surface area contributed by atoms with E-state index in [0.29, 0.717) is 0 Å². The molecule has 1 nitrogen and oxygen atoms in total. The molecule has 0 saturated heterocycles. The summed E-state index contributed by atoms with van der Waals surface area (Å²) in [7, 11) is 0. The first-order valence-electron chi connectivity index (χ1n) is 7.17. The Balaban J connectivity index is 1.53. The maximum absolute atomic E-state index is 5.65. The fourth-order valence-electron chi connectivity index (χ4n) is 1.89. The highest BCUT2D eigenvalue weighted by Crippen LogP contribution is 2.09. The molecule has 0 aliphatic heterocycles. The van der Waals surface area contributed by atoms with Crippen LogP contribution < -0.4 is 4.74 Å². The summed E-state index contributed by atoms with van der Waals surface area (Å²) < 4.78 is 5.65. The van der Waals surface area contributed by atoms with Gasteiger partial charge in [-0.05, 0) is 43.5 Å². The van der Waals surface area contributed by atoms with Crippen molar-refractivity contribution in [1.29, 1.82) is 0 Å². The molecule has 0 aromatic heterocycles. The second kappa shape index (κ2) is 8.82. The number of benzene rings is 2. The van der Waals surface area contributed by atoms with Gasteiger partial charge in [-0.2, -0.15) is 0 Å². The van der Waals surface area contributed by atoms with E-state index in [-0.39, 0.29) is 0 Å². The molecule has 0 bridgehead atoms. The van der Waals surface area contributed by atoms with Crippen molar-refractivity contribution in [3.05, 3.63) is 66.2 Å². The van der Waals surface area contributed by atoms with Gasteiger partial charge < -0.3 is 4.74 Å². The maximum Gasteiger partial charge on any atom is 0.119 e. The Morgan fingerprint density at radius 2 is 1.45 bits per heavy atom. The lowest BCUT2D eigenvalue weighted by Gasteiger charge is -2.04. The topological polar surface area (TPSA) is 9.23 Å². The van der Waals surface area contributed by atoms with Crippen LogP contribution in [0.3, 0.4) is 0 Å². The SMILES string of the molecule is C(#Cc1ccccc1)CCCCCOc1ccccc1. The van der Waals surface area contributed by atoms with Gasteiger partial charge in [-0.25, -0.2) is 0 Å². The number of hydrogen-bond donors (Lipinski definition) is 0. The smallest absolute Gasteiger partial charge is 0.119 e. The van der Waals surface area contributed by atoms with E-state index in [9.17, 15) is 0 Å². The van der Waals surface area contributed by atoms with E-state index in [2.05, 4.69) is 11.8 Å². The van der Waals surface area contributed by atoms with Gasteiger partial charge in [0.1, 0.15) is 5.75 Å². The first-order valence-corrected chi connectivity index (χ1v) is 7.17. The number of rotatable bonds is 6. The average Bonchev–Trinajstić information content (AvgIpc) is 2.52. The summed E-state index contributed by atoms with van der Waals surface area (Å²) in [6, 6.07) is 20.1. The molecule has 0 aliphatic carbocycles. The zero-order valence-corrected chi connectivity index (χ0v) is 11.7. The Labute approximate surface area is 121 Å². The number of hydrogen-bond acceptors (Lipinski definition) is 1. The van der Waals surface area contributed by atoms with Crippen LogP contribution in [0, 0.1) is 11.8 Å². The quantitative estimate of drug-likeness (QED) is 0.544. The average molecular weight is 264 g/mol. The fraction of sp³-hybridized carbons (Fsp3) is 0.263. The van der Waals surface area contributed by atoms with Crippen molar-refractivity contribution < 1.29 is 4.74 Å². The minimum absolute atomic E-state index is 0.788. The number of ether oxygens (including phenoxy) is 1. The molecule has 0 N–H and O–H groups in total. The Hall–Kier alpha value is -2.20. The highest BCUT2D eigenvalue weighted by Gasteiger charge is 1.92. The minimum atomic E-state index is 0.788. The molecule has 0 aliphatic rings. The van der Waals surface area contributed by atoms with Crippen LogP contribution in [-0.2, 0) is 0 Å². The molecular weight excluding hydrogens is 244 g/mol. The van der Waals surface area contributed by atoms with Crippen molar-refractivity contribution in [3.63, 3.8) is 0 Å². The first kappa shape index (κ1) is 14.2. The van der Waals surface area contributed by atoms with Gasteiger partial charge in [0.15, 0.2) is 0 Å². The van der Waals surface area contributed by atoms with Crippen LogP contribution in [0.1, 0.15) is 31.2 Å². The van der Waals surface area contributed by atoms with E-state index >= 15 is 0 Å². The maximum atomic E-state index is 5.65. The molecule has 0 atom stereocenters. The van der Waals surface area contributed by atoms with Gasteiger partial charge in [-0.15, -0.1) is 0 Å². The summed E-state index contributed by atoms with van der Waals surface area (Å²) in [6.07, 6.45) is 4.34. The molecule has 2 aromatic rings. The summed E-state index contributed by atoms with van der Waals surface area (Å²) >= 11 is 0. The second-order valence-corrected chi connectivity index (χ2v) is 4.64. The van der Waals surface area contributed by atoms with E-state index in [4.69, 9.17) is 4.74 Å². The highest BCUT2D eigenvalue weighted by molar-refractivity contribution is 5.33. The van der Waals surface area contributed by atoms with E-state index in [1.165, 1.54) is 0 Å². The van der Waals surface area contributed by atoms with Gasteiger partial charge >= 0.3 is 0 Å². The van der Waals surface area contributed by atoms with Crippen LogP contribution in [0.5, 0.6) is 5.75 Å². The molecule has 2 aromatic carbocycles. The predicted octanol–water partition coefficient (Wildman–Crippen LogP) is 4.68. The molecule has 0 saturated carbocycles. The third-order valence-electron chi connectivity index (χ3n) is 2.96. The molecular formula is C19H20O. The lowest BCUT2D eigenvalue weighted by Crippen LogP contribution is -1.96. The normalized spacial score (nSPS) is 9.60. The molecule has 2 rings (SSSR count). The van der Waals surface area contributed by atoms with Crippen LogP contribution in [0.25, 0.3) is 0 Å². The Morgan fingerprint density at radius 3 is 2.20 bits per heavy atom. The van der Waals surface area contributed by atoms with Gasteiger partial charge in [0, 0.05) is 12.0 Å². The summed E-state index contributed by atoms with van der Waals surface area (Å²) in [4.78, 5) is 0. The van der Waals surface area contributed by atoms with Gasteiger partial charge in [0.25, 0.3) is 0 Å². The zero-order valence-electron chi connectivity index (χ0n) is 11.7. The minimum Gasteiger partial charge on any atom is -0.494 e. The molecule has 0 amide bonds. The van der Waals surface area contributed by atoms with E-state index in [1.807, 2.05) is 60.7 Å². The molecule has 1 heteroatoms. The first-order chi connectivity index (χ1) is 9.95. The van der Waals surface area contributed by atoms with E-state index in [0.717, 1.165) is 43.6 Å². The third kappa shape index (κ3) is 5.63. The third-order valence-corrected chi connectivity index (χ3v) is 2.96. The van der Waals surface area contributed by atoms with Gasteiger partial charge in [0.2, 0.25) is 0 Å². The van der Waals surface area contributed by atoms with Crippen LogP contribution in [0.15, 0.2) is 60.7 Å². The highest BCUT2D eigenvalue weighted by atomic mass is 16.5. The molecule has 20 heavy (non-hydrogen) atoms. The van der Waals surface area contributed by atoms with Crippen molar-refractivity contribution in [2.45, 2.75) is 25.7 Å². The van der Waals surface area contributed by atoms with Crippen molar-refractivity contribution >= 4 is 0 Å². The lowest BCUT2D eigenvalue weighted by atomic mass is 10.2. The Morgan fingerprint density at radius 1 is 0.750 bits per heavy atom. The van der Waals surface area contributed by atoms with Crippen LogP contribution >= 0.6 is 0 Å². The standard InChI is InChI=1S/C19H20O/c1(2-6-12-18-13-7-4-8-14-18)3-11-17-20-19-15-9-5-10-16-19/h4-5,7-10,13-16H,1-3,11,17H2. The number of unbranched alkanes of at least 4 members (excludes halogenated alkanes) is 3. The van der Waals surface area contributed by atoms with Crippen molar-refractivity contribution in [2.75, 3.05) is 6.61 Å². The predicted molar refractivity (Wildman–Crippen MR) is 83.7 cm³/mol.